The van der Waals surface area contributed by atoms with Gasteiger partial charge in [-0.25, -0.2) is 0 Å². The van der Waals surface area contributed by atoms with Crippen LogP contribution >= 0.6 is 0 Å². The summed E-state index contributed by atoms with van der Waals surface area (Å²) in [5.74, 6) is 0. The molecule has 0 aliphatic rings. The van der Waals surface area contributed by atoms with Gasteiger partial charge in [0.05, 0.1) is 0 Å². The van der Waals surface area contributed by atoms with Gasteiger partial charge >= 0.3 is 0 Å². The predicted octanol–water partition coefficient (Wildman–Crippen LogP) is 6.55. The molecule has 15 heavy (non-hydrogen) atoms. The fourth-order valence-electron chi connectivity index (χ4n) is 1.15. The van der Waals surface area contributed by atoms with Gasteiger partial charge in [0, 0.05) is 1.43 Å². The molecular weight excluding hydrogens is 180 g/mol. The van der Waals surface area contributed by atoms with Crippen molar-refractivity contribution in [1.82, 2.24) is 0 Å². The van der Waals surface area contributed by atoms with Gasteiger partial charge in [-0.3, -0.25) is 0 Å². The largest absolute Gasteiger partial charge is 0.0683 e. The topological polar surface area (TPSA) is 0 Å². The predicted molar refractivity (Wildman–Crippen MR) is 77.6 cm³/mol. The van der Waals surface area contributed by atoms with Crippen LogP contribution in [0.2, 0.25) is 0 Å². The van der Waals surface area contributed by atoms with Gasteiger partial charge in [0.15, 0.2) is 0 Å². The highest BCUT2D eigenvalue weighted by Gasteiger charge is 2.13. The first-order valence-corrected chi connectivity index (χ1v) is 6.71. The van der Waals surface area contributed by atoms with Crippen LogP contribution in [0.4, 0.5) is 0 Å². The van der Waals surface area contributed by atoms with Crippen LogP contribution in [0.5, 0.6) is 0 Å². The second-order valence-electron chi connectivity index (χ2n) is 5.97. The molecule has 0 atom stereocenters. The molecule has 0 fully saturated rings. The van der Waals surface area contributed by atoms with E-state index in [2.05, 4.69) is 41.5 Å². The Morgan fingerprint density at radius 1 is 0.600 bits per heavy atom. The molecule has 0 aromatic carbocycles. The summed E-state index contributed by atoms with van der Waals surface area (Å²) < 4.78 is 0. The summed E-state index contributed by atoms with van der Waals surface area (Å²) in [6, 6.07) is 0. The smallest absolute Gasteiger partial charge is 0 e. The minimum atomic E-state index is 0. The Morgan fingerprint density at radius 3 is 0.933 bits per heavy atom. The third-order valence-corrected chi connectivity index (χ3v) is 1.85. The zero-order chi connectivity index (χ0) is 13.1. The van der Waals surface area contributed by atoms with E-state index >= 15 is 0 Å². The lowest BCUT2D eigenvalue weighted by atomic mass is 9.84. The molecular formula is C15H38. The van der Waals surface area contributed by atoms with Gasteiger partial charge in [-0.15, -0.1) is 0 Å². The third-order valence-electron chi connectivity index (χ3n) is 1.85. The maximum absolute atomic E-state index is 2.32. The molecule has 0 rings (SSSR count). The van der Waals surface area contributed by atoms with Crippen LogP contribution in [0.15, 0.2) is 0 Å². The Kier molecular flexibility index (Phi) is 14.3. The molecule has 0 saturated carbocycles. The van der Waals surface area contributed by atoms with E-state index < -0.39 is 0 Å². The van der Waals surface area contributed by atoms with Crippen LogP contribution in [-0.2, 0) is 0 Å². The zero-order valence-electron chi connectivity index (χ0n) is 13.1. The highest BCUT2D eigenvalue weighted by Crippen LogP contribution is 2.27. The summed E-state index contributed by atoms with van der Waals surface area (Å²) in [6.45, 7) is 21.9. The summed E-state index contributed by atoms with van der Waals surface area (Å²) in [5.41, 5.74) is 1.04. The number of rotatable bonds is 2. The summed E-state index contributed by atoms with van der Waals surface area (Å²) in [6.07, 6.45) is 4.07. The van der Waals surface area contributed by atoms with Crippen molar-refractivity contribution in [3.8, 4) is 0 Å². The Hall–Kier alpha value is 0. The van der Waals surface area contributed by atoms with Crippen LogP contribution in [0.25, 0.3) is 0 Å². The minimum Gasteiger partial charge on any atom is -0.0683 e. The molecule has 0 heteroatoms. The van der Waals surface area contributed by atoms with Crippen molar-refractivity contribution in [2.45, 2.75) is 88.5 Å². The lowest BCUT2D eigenvalue weighted by molar-refractivity contribution is 0.301. The van der Waals surface area contributed by atoms with E-state index in [0.29, 0.717) is 10.8 Å². The van der Waals surface area contributed by atoms with E-state index in [1.54, 1.807) is 0 Å². The first-order chi connectivity index (χ1) is 6.71. The normalized spacial score (nSPS) is 10.8. The lowest BCUT2D eigenvalue weighted by Crippen LogP contribution is -2.09. The number of hydrogen-bond acceptors (Lipinski definition) is 0. The quantitative estimate of drug-likeness (QED) is 0.495. The average Bonchev–Trinajstić information content (AvgIpc) is 2.07. The Labute approximate surface area is 101 Å². The van der Waals surface area contributed by atoms with Gasteiger partial charge in [0.25, 0.3) is 0 Å². The lowest BCUT2D eigenvalue weighted by Gasteiger charge is -2.22. The fourth-order valence-corrected chi connectivity index (χ4v) is 1.15. The van der Waals surface area contributed by atoms with E-state index in [9.17, 15) is 0 Å². The molecule has 0 heterocycles. The molecule has 0 aromatic rings. The summed E-state index contributed by atoms with van der Waals surface area (Å²) in [4.78, 5) is 0. The van der Waals surface area contributed by atoms with E-state index in [-0.39, 0.29) is 1.43 Å². The maximum atomic E-state index is 2.32. The van der Waals surface area contributed by atoms with Crippen molar-refractivity contribution in [2.75, 3.05) is 0 Å². The van der Waals surface area contributed by atoms with E-state index in [4.69, 9.17) is 0 Å². The van der Waals surface area contributed by atoms with Gasteiger partial charge in [-0.05, 0) is 23.7 Å². The highest BCUT2D eigenvalue weighted by atomic mass is 14.2. The van der Waals surface area contributed by atoms with Gasteiger partial charge in [-0.1, -0.05) is 75.7 Å². The molecule has 98 valence electrons. The van der Waals surface area contributed by atoms with E-state index in [1.165, 1.54) is 19.3 Å². The van der Waals surface area contributed by atoms with Gasteiger partial charge in [0.2, 0.25) is 0 Å². The molecule has 0 aliphatic heterocycles. The molecule has 0 aromatic heterocycles. The molecule has 0 nitrogen and oxygen atoms in total. The van der Waals surface area contributed by atoms with Crippen molar-refractivity contribution in [3.63, 3.8) is 0 Å². The summed E-state index contributed by atoms with van der Waals surface area (Å²) in [5, 5.41) is 0. The van der Waals surface area contributed by atoms with Gasteiger partial charge in [0.1, 0.15) is 0 Å². The Bertz CT molecular complexity index is 89.6. The van der Waals surface area contributed by atoms with Crippen molar-refractivity contribution in [2.24, 2.45) is 10.8 Å². The highest BCUT2D eigenvalue weighted by molar-refractivity contribution is 4.66. The first kappa shape index (κ1) is 20.4. The van der Waals surface area contributed by atoms with Gasteiger partial charge in [-0.2, -0.15) is 0 Å². The molecule has 0 saturated heterocycles. The molecule has 0 N–H and O–H groups in total. The third kappa shape index (κ3) is 31.5. The Morgan fingerprint density at radius 2 is 0.800 bits per heavy atom. The van der Waals surface area contributed by atoms with Crippen molar-refractivity contribution in [3.05, 3.63) is 0 Å². The van der Waals surface area contributed by atoms with Gasteiger partial charge < -0.3 is 0 Å². The standard InChI is InChI=1S/C11H24.2C2H6.H2/c1-10(2,3)8-7-9-11(4,5)6;2*1-2;/h7-9H2,1-6H3;2*1-2H3;1H/i;;;1+2. The molecule has 0 amide bonds. The average molecular weight is 220 g/mol. The van der Waals surface area contributed by atoms with Crippen molar-refractivity contribution < 1.29 is 1.43 Å². The monoisotopic (exact) mass is 220 g/mol. The molecule has 0 spiro atoms. The molecule has 0 aliphatic carbocycles. The second kappa shape index (κ2) is 10.5. The van der Waals surface area contributed by atoms with Crippen molar-refractivity contribution in [1.29, 1.82) is 0 Å². The Balaban J connectivity index is -0.000000129. The van der Waals surface area contributed by atoms with E-state index in [0.717, 1.165) is 0 Å². The zero-order valence-corrected chi connectivity index (χ0v) is 13.1. The van der Waals surface area contributed by atoms with Crippen LogP contribution in [-0.4, -0.2) is 0 Å². The van der Waals surface area contributed by atoms with Crippen LogP contribution < -0.4 is 0 Å². The van der Waals surface area contributed by atoms with Crippen molar-refractivity contribution >= 4 is 0 Å². The minimum absolute atomic E-state index is 0. The van der Waals surface area contributed by atoms with Crippen LogP contribution in [0.3, 0.4) is 0 Å². The van der Waals surface area contributed by atoms with Crippen LogP contribution in [0.1, 0.15) is 89.9 Å². The fraction of sp³-hybridized carbons (Fsp3) is 1.00. The molecule has 0 bridgehead atoms. The second-order valence-corrected chi connectivity index (χ2v) is 5.97. The molecule has 0 unspecified atom stereocenters. The summed E-state index contributed by atoms with van der Waals surface area (Å²) in [7, 11) is 0. The summed E-state index contributed by atoms with van der Waals surface area (Å²) >= 11 is 0. The first-order valence-electron chi connectivity index (χ1n) is 6.71. The SMILES string of the molecule is CC.CC.CC(C)(C)CCCC(C)(C)C.[3HH]. The van der Waals surface area contributed by atoms with E-state index in [1.807, 2.05) is 27.7 Å². The number of hydrogen-bond donors (Lipinski definition) is 0. The maximum Gasteiger partial charge on any atom is 0 e. The molecule has 0 radical (unpaired) electrons. The van der Waals surface area contributed by atoms with Crippen LogP contribution in [0, 0.1) is 10.8 Å².